The number of ether oxygens (including phenoxy) is 2. The fourth-order valence-electron chi connectivity index (χ4n) is 3.97. The number of nitrogens with zero attached hydrogens (tertiary/aromatic N) is 4. The third-order valence-electron chi connectivity index (χ3n) is 5.78. The van der Waals surface area contributed by atoms with Crippen molar-refractivity contribution in [3.63, 3.8) is 0 Å². The van der Waals surface area contributed by atoms with Crippen molar-refractivity contribution < 1.29 is 13.9 Å². The molecule has 2 aromatic carbocycles. The highest BCUT2D eigenvalue weighted by Gasteiger charge is 2.15. The summed E-state index contributed by atoms with van der Waals surface area (Å²) in [6.45, 7) is 3.90. The second-order valence-electron chi connectivity index (χ2n) is 8.12. The van der Waals surface area contributed by atoms with Crippen molar-refractivity contribution >= 4 is 21.6 Å². The number of thiophene rings is 1. The van der Waals surface area contributed by atoms with Crippen LogP contribution in [0.25, 0.3) is 21.6 Å². The van der Waals surface area contributed by atoms with E-state index in [1.54, 1.807) is 0 Å². The van der Waals surface area contributed by atoms with Gasteiger partial charge < -0.3 is 9.47 Å². The van der Waals surface area contributed by atoms with Crippen LogP contribution in [0, 0.1) is 17.1 Å². The summed E-state index contributed by atoms with van der Waals surface area (Å²) in [5.41, 5.74) is 1.76. The first-order chi connectivity index (χ1) is 16.7. The van der Waals surface area contributed by atoms with Crippen LogP contribution in [0.2, 0.25) is 0 Å². The predicted molar refractivity (Wildman–Crippen MR) is 130 cm³/mol. The minimum absolute atomic E-state index is 0.0100. The molecule has 0 aliphatic carbocycles. The molecule has 0 bridgehead atoms. The molecule has 0 atom stereocenters. The van der Waals surface area contributed by atoms with Crippen LogP contribution in [-0.2, 0) is 0 Å². The highest BCUT2D eigenvalue weighted by molar-refractivity contribution is 7.17. The summed E-state index contributed by atoms with van der Waals surface area (Å²) in [6.07, 6.45) is 3.87. The van der Waals surface area contributed by atoms with Crippen LogP contribution in [0.15, 0.2) is 53.9 Å². The van der Waals surface area contributed by atoms with E-state index in [0.29, 0.717) is 12.4 Å². The van der Waals surface area contributed by atoms with E-state index in [0.717, 1.165) is 47.2 Å². The van der Waals surface area contributed by atoms with Crippen molar-refractivity contribution in [2.75, 3.05) is 26.2 Å². The zero-order chi connectivity index (χ0) is 23.3. The molecule has 3 heterocycles. The molecule has 0 unspecified atom stereocenters. The molecular weight excluding hydrogens is 451 g/mol. The fraction of sp³-hybridized carbons (Fsp3) is 0.269. The summed E-state index contributed by atoms with van der Waals surface area (Å²) in [5, 5.41) is 10.9. The molecule has 2 aromatic heterocycles. The van der Waals surface area contributed by atoms with E-state index in [1.165, 1.54) is 42.7 Å². The molecule has 5 rings (SSSR count). The van der Waals surface area contributed by atoms with Gasteiger partial charge in [0.2, 0.25) is 5.88 Å². The monoisotopic (exact) mass is 474 g/mol. The normalized spacial score (nSPS) is 14.1. The number of halogens is 1. The number of aromatic nitrogens is 2. The zero-order valence-corrected chi connectivity index (χ0v) is 19.4. The first-order valence-corrected chi connectivity index (χ1v) is 12.2. The minimum atomic E-state index is -0.616. The Morgan fingerprint density at radius 3 is 2.62 bits per heavy atom. The Bertz CT molecular complexity index is 1330. The average molecular weight is 475 g/mol. The number of hydrogen-bond acceptors (Lipinski definition) is 7. The Morgan fingerprint density at radius 1 is 1.03 bits per heavy atom. The number of piperidine rings is 1. The second-order valence-corrected chi connectivity index (χ2v) is 9.04. The molecule has 1 fully saturated rings. The number of benzene rings is 2. The zero-order valence-electron chi connectivity index (χ0n) is 18.5. The highest BCUT2D eigenvalue weighted by Crippen LogP contribution is 2.34. The Hall–Kier alpha value is -3.54. The van der Waals surface area contributed by atoms with Gasteiger partial charge in [0, 0.05) is 12.1 Å². The van der Waals surface area contributed by atoms with Gasteiger partial charge in [-0.25, -0.2) is 9.37 Å². The Kier molecular flexibility index (Phi) is 6.65. The molecular formula is C26H23FN4O2S. The van der Waals surface area contributed by atoms with Gasteiger partial charge in [-0.15, -0.1) is 11.3 Å². The smallest absolute Gasteiger partial charge is 0.241 e. The maximum atomic E-state index is 14.4. The first-order valence-electron chi connectivity index (χ1n) is 11.3. The maximum Gasteiger partial charge on any atom is 0.241 e. The third kappa shape index (κ3) is 5.01. The number of hydrogen-bond donors (Lipinski definition) is 0. The average Bonchev–Trinajstić information content (AvgIpc) is 3.35. The van der Waals surface area contributed by atoms with Crippen molar-refractivity contribution in [1.29, 1.82) is 5.26 Å². The van der Waals surface area contributed by atoms with Crippen molar-refractivity contribution in [2.45, 2.75) is 19.3 Å². The third-order valence-corrected chi connectivity index (χ3v) is 6.67. The first kappa shape index (κ1) is 22.3. The molecule has 0 N–H and O–H groups in total. The van der Waals surface area contributed by atoms with E-state index in [2.05, 4.69) is 14.9 Å². The topological polar surface area (TPSA) is 71.3 Å². The van der Waals surface area contributed by atoms with Gasteiger partial charge in [-0.05, 0) is 79.8 Å². The van der Waals surface area contributed by atoms with Crippen molar-refractivity contribution in [1.82, 2.24) is 14.9 Å². The van der Waals surface area contributed by atoms with Crippen molar-refractivity contribution in [3.05, 3.63) is 65.3 Å². The highest BCUT2D eigenvalue weighted by atomic mass is 32.1. The number of likely N-dealkylation sites (tertiary alicyclic amines) is 1. The van der Waals surface area contributed by atoms with Crippen molar-refractivity contribution in [2.24, 2.45) is 0 Å². The molecule has 4 aromatic rings. The Balaban J connectivity index is 1.33. The summed E-state index contributed by atoms with van der Waals surface area (Å²) in [6, 6.07) is 15.5. The molecule has 1 aliphatic rings. The van der Waals surface area contributed by atoms with E-state index < -0.39 is 5.82 Å². The lowest BCUT2D eigenvalue weighted by atomic mass is 10.1. The molecule has 0 radical (unpaired) electrons. The van der Waals surface area contributed by atoms with E-state index in [-0.39, 0.29) is 17.2 Å². The van der Waals surface area contributed by atoms with E-state index in [9.17, 15) is 4.39 Å². The Labute approximate surface area is 201 Å². The number of fused-ring (bicyclic) bond motifs is 1. The van der Waals surface area contributed by atoms with Gasteiger partial charge in [-0.3, -0.25) is 4.90 Å². The van der Waals surface area contributed by atoms with Gasteiger partial charge in [0.05, 0.1) is 17.1 Å². The SMILES string of the molecule is N#Cc1ccc(Oc2nc(-c3ccc(OCCN4CCCCC4)cc3)nc3ccsc23)c(F)c1. The molecule has 0 amide bonds. The van der Waals surface area contributed by atoms with Crippen LogP contribution in [0.4, 0.5) is 4.39 Å². The maximum absolute atomic E-state index is 14.4. The van der Waals surface area contributed by atoms with Gasteiger partial charge in [-0.1, -0.05) is 6.42 Å². The Morgan fingerprint density at radius 2 is 1.85 bits per heavy atom. The summed E-state index contributed by atoms with van der Waals surface area (Å²) < 4.78 is 26.9. The van der Waals surface area contributed by atoms with Crippen LogP contribution < -0.4 is 9.47 Å². The van der Waals surface area contributed by atoms with E-state index in [1.807, 2.05) is 41.8 Å². The van der Waals surface area contributed by atoms with Crippen LogP contribution >= 0.6 is 11.3 Å². The lowest BCUT2D eigenvalue weighted by molar-refractivity contribution is 0.183. The lowest BCUT2D eigenvalue weighted by Gasteiger charge is -2.26. The molecule has 6 nitrogen and oxygen atoms in total. The quantitative estimate of drug-likeness (QED) is 0.326. The predicted octanol–water partition coefficient (Wildman–Crippen LogP) is 6.03. The lowest BCUT2D eigenvalue weighted by Crippen LogP contribution is -2.33. The molecule has 34 heavy (non-hydrogen) atoms. The van der Waals surface area contributed by atoms with Crippen molar-refractivity contribution in [3.8, 4) is 34.8 Å². The summed E-state index contributed by atoms with van der Waals surface area (Å²) in [7, 11) is 0. The van der Waals surface area contributed by atoms with Gasteiger partial charge in [-0.2, -0.15) is 10.2 Å². The molecule has 0 spiro atoms. The standard InChI is InChI=1S/C26H23FN4O2S/c27-21-16-18(17-28)4-9-23(21)33-26-24-22(10-15-34-24)29-25(30-26)19-5-7-20(8-6-19)32-14-13-31-11-2-1-3-12-31/h4-10,15-16H,1-3,11-14H2. The van der Waals surface area contributed by atoms with Crippen LogP contribution in [0.1, 0.15) is 24.8 Å². The van der Waals surface area contributed by atoms with Crippen LogP contribution in [0.5, 0.6) is 17.4 Å². The van der Waals surface area contributed by atoms with Crippen LogP contribution in [-0.4, -0.2) is 41.1 Å². The summed E-state index contributed by atoms with van der Waals surface area (Å²) in [4.78, 5) is 11.7. The number of rotatable bonds is 7. The molecule has 172 valence electrons. The molecule has 0 saturated carbocycles. The van der Waals surface area contributed by atoms with Gasteiger partial charge in [0.25, 0.3) is 0 Å². The minimum Gasteiger partial charge on any atom is -0.492 e. The van der Waals surface area contributed by atoms with Gasteiger partial charge in [0.1, 0.15) is 17.1 Å². The fourth-order valence-corrected chi connectivity index (χ4v) is 4.72. The summed E-state index contributed by atoms with van der Waals surface area (Å²) in [5.74, 6) is 0.953. The van der Waals surface area contributed by atoms with Gasteiger partial charge in [0.15, 0.2) is 17.4 Å². The molecule has 1 aliphatic heterocycles. The number of nitriles is 1. The van der Waals surface area contributed by atoms with Gasteiger partial charge >= 0.3 is 0 Å². The van der Waals surface area contributed by atoms with Crippen LogP contribution in [0.3, 0.4) is 0 Å². The summed E-state index contributed by atoms with van der Waals surface area (Å²) >= 11 is 1.42. The molecule has 1 saturated heterocycles. The van der Waals surface area contributed by atoms with E-state index >= 15 is 0 Å². The molecule has 8 heteroatoms. The second kappa shape index (κ2) is 10.2. The van der Waals surface area contributed by atoms with E-state index in [4.69, 9.17) is 14.7 Å². The largest absolute Gasteiger partial charge is 0.492 e.